The summed E-state index contributed by atoms with van der Waals surface area (Å²) in [4.78, 5) is 45.7. The number of anilines is 2. The number of nitrogens with one attached hydrogen (secondary N) is 1. The molecule has 0 radical (unpaired) electrons. The van der Waals surface area contributed by atoms with Gasteiger partial charge in [-0.2, -0.15) is 0 Å². The molecule has 1 fully saturated rings. The van der Waals surface area contributed by atoms with Crippen molar-refractivity contribution in [3.8, 4) is 5.75 Å². The number of halogens is 2. The Morgan fingerprint density at radius 2 is 1.35 bits per heavy atom. The lowest BCUT2D eigenvalue weighted by molar-refractivity contribution is -0.122. The summed E-state index contributed by atoms with van der Waals surface area (Å²) in [6.45, 7) is 1.98. The minimum absolute atomic E-state index is 0.0613. The number of fused-ring (bicyclic) bond motifs is 1. The summed E-state index contributed by atoms with van der Waals surface area (Å²) < 4.78 is 6.31. The van der Waals surface area contributed by atoms with E-state index in [2.05, 4.69) is 34.5 Å². The Kier molecular flexibility index (Phi) is 9.12. The maximum absolute atomic E-state index is 14.7. The second kappa shape index (κ2) is 14.4. The van der Waals surface area contributed by atoms with E-state index in [1.54, 1.807) is 12.1 Å². The summed E-state index contributed by atoms with van der Waals surface area (Å²) in [6.07, 6.45) is 3.32. The first kappa shape index (κ1) is 34.9. The summed E-state index contributed by atoms with van der Waals surface area (Å²) in [5, 5.41) is 4.99. The van der Waals surface area contributed by atoms with E-state index in [0.29, 0.717) is 27.0 Å². The van der Waals surface area contributed by atoms with Crippen LogP contribution in [0.25, 0.3) is 16.8 Å². The van der Waals surface area contributed by atoms with Crippen LogP contribution in [0.4, 0.5) is 16.2 Å². The van der Waals surface area contributed by atoms with E-state index in [9.17, 15) is 14.4 Å². The van der Waals surface area contributed by atoms with Crippen LogP contribution in [0, 0.1) is 0 Å². The number of rotatable bonds is 7. The van der Waals surface area contributed by atoms with Crippen molar-refractivity contribution < 1.29 is 19.1 Å². The molecular formula is C46H35Cl2N3O4. The highest BCUT2D eigenvalue weighted by Crippen LogP contribution is 2.50. The van der Waals surface area contributed by atoms with E-state index in [1.165, 1.54) is 22.9 Å². The van der Waals surface area contributed by atoms with Gasteiger partial charge < -0.3 is 9.64 Å². The molecule has 6 aromatic carbocycles. The number of barbiturate groups is 1. The van der Waals surface area contributed by atoms with E-state index in [0.717, 1.165) is 58.3 Å². The fourth-order valence-electron chi connectivity index (χ4n) is 8.35. The third kappa shape index (κ3) is 6.43. The molecule has 1 N–H and O–H groups in total. The van der Waals surface area contributed by atoms with Crippen LogP contribution in [-0.2, 0) is 16.2 Å². The van der Waals surface area contributed by atoms with Gasteiger partial charge in [0.2, 0.25) is 0 Å². The van der Waals surface area contributed by atoms with Gasteiger partial charge in [0.1, 0.15) is 17.9 Å². The molecule has 6 aromatic rings. The second-order valence-electron chi connectivity index (χ2n) is 14.2. The van der Waals surface area contributed by atoms with Gasteiger partial charge in [0.25, 0.3) is 11.8 Å². The molecule has 55 heavy (non-hydrogen) atoms. The maximum atomic E-state index is 14.7. The van der Waals surface area contributed by atoms with Crippen molar-refractivity contribution in [3.63, 3.8) is 0 Å². The van der Waals surface area contributed by atoms with Gasteiger partial charge in [0.15, 0.2) is 0 Å². The third-order valence-electron chi connectivity index (χ3n) is 11.0. The Labute approximate surface area is 328 Å². The zero-order chi connectivity index (χ0) is 37.6. The van der Waals surface area contributed by atoms with Gasteiger partial charge in [0.05, 0.1) is 15.7 Å². The van der Waals surface area contributed by atoms with Gasteiger partial charge in [-0.15, -0.1) is 0 Å². The summed E-state index contributed by atoms with van der Waals surface area (Å²) in [6, 6.07) is 40.6. The van der Waals surface area contributed by atoms with Crippen LogP contribution < -0.4 is 19.9 Å². The number of benzene rings is 6. The van der Waals surface area contributed by atoms with E-state index in [-0.39, 0.29) is 24.0 Å². The number of ether oxygens (including phenoxy) is 1. The third-order valence-corrected chi connectivity index (χ3v) is 11.7. The topological polar surface area (TPSA) is 79.0 Å². The first-order valence-electron chi connectivity index (χ1n) is 18.4. The van der Waals surface area contributed by atoms with E-state index < -0.39 is 17.8 Å². The lowest BCUT2D eigenvalue weighted by atomic mass is 9.76. The number of hydrogen-bond acceptors (Lipinski definition) is 5. The van der Waals surface area contributed by atoms with Crippen molar-refractivity contribution in [2.24, 2.45) is 0 Å². The number of hydrogen-bond donors (Lipinski definition) is 1. The van der Waals surface area contributed by atoms with Crippen molar-refractivity contribution in [2.45, 2.75) is 31.3 Å². The molecular weight excluding hydrogens is 729 g/mol. The molecule has 3 heterocycles. The predicted octanol–water partition coefficient (Wildman–Crippen LogP) is 10.3. The lowest BCUT2D eigenvalue weighted by Gasteiger charge is -2.44. The molecule has 0 saturated carbocycles. The first-order chi connectivity index (χ1) is 26.8. The van der Waals surface area contributed by atoms with Crippen molar-refractivity contribution in [3.05, 3.63) is 176 Å². The van der Waals surface area contributed by atoms with Gasteiger partial charge >= 0.3 is 6.03 Å². The number of nitrogens with zero attached hydrogens (tertiary/aromatic N) is 2. The van der Waals surface area contributed by atoms with E-state index in [4.69, 9.17) is 27.9 Å². The minimum atomic E-state index is -0.788. The van der Waals surface area contributed by atoms with Crippen LogP contribution in [-0.4, -0.2) is 30.9 Å². The molecule has 0 unspecified atom stereocenters. The highest BCUT2D eigenvalue weighted by molar-refractivity contribution is 6.42. The molecule has 3 aliphatic heterocycles. The smallest absolute Gasteiger partial charge is 0.335 e. The van der Waals surface area contributed by atoms with Crippen LogP contribution in [0.3, 0.4) is 0 Å². The number of carbonyl (C=O) groups is 3. The van der Waals surface area contributed by atoms with Gasteiger partial charge in [0, 0.05) is 36.2 Å². The van der Waals surface area contributed by atoms with Crippen LogP contribution in [0.15, 0.2) is 133 Å². The van der Waals surface area contributed by atoms with Crippen LogP contribution >= 0.6 is 23.2 Å². The summed E-state index contributed by atoms with van der Waals surface area (Å²) in [7, 11) is 0. The zero-order valence-corrected chi connectivity index (χ0v) is 31.2. The van der Waals surface area contributed by atoms with E-state index in [1.807, 2.05) is 91.0 Å². The lowest BCUT2D eigenvalue weighted by Crippen LogP contribution is -2.54. The first-order valence-corrected chi connectivity index (χ1v) is 19.1. The quantitative estimate of drug-likeness (QED) is 0.129. The predicted molar refractivity (Wildman–Crippen MR) is 218 cm³/mol. The highest BCUT2D eigenvalue weighted by Gasteiger charge is 2.41. The van der Waals surface area contributed by atoms with Crippen LogP contribution in [0.5, 0.6) is 5.75 Å². The largest absolute Gasteiger partial charge is 0.488 e. The number of carbonyl (C=O) groups excluding carboxylic acids is 3. The Hall–Kier alpha value is -5.89. The van der Waals surface area contributed by atoms with Crippen LogP contribution in [0.1, 0.15) is 58.1 Å². The molecule has 272 valence electrons. The standard InChI is InChI=1S/C46H35Cl2N3O4/c47-40-17-15-28(23-41(40)48)27-55-42-18-16-31-13-7-8-14-33(31)36(42)26-39-44(52)49-46(54)51(45(39)53)32-24-37-34(29-9-3-1-4-10-29)19-21-50-22-20-35(38(25-32)43(37)50)30-11-5-2-6-12-30/h1-18,23-26,34-35H,19-22,27H2,(H,49,52,54)/b39-26+/t34-,35-/m1/s1. The van der Waals surface area contributed by atoms with Crippen molar-refractivity contribution in [2.75, 3.05) is 22.9 Å². The molecule has 3 aliphatic rings. The monoisotopic (exact) mass is 763 g/mol. The number of imide groups is 2. The number of urea groups is 1. The van der Waals surface area contributed by atoms with Gasteiger partial charge in [-0.1, -0.05) is 120 Å². The minimum Gasteiger partial charge on any atom is -0.488 e. The Bertz CT molecular complexity index is 2470. The SMILES string of the molecule is O=C1NC(=O)N(c2cc3c4c(c2)[C@@H](c2ccccc2)CCN4CC[C@@H]3c2ccccc2)C(=O)/C1=C/c1c(OCc2ccc(Cl)c(Cl)c2)ccc2ccccc12. The van der Waals surface area contributed by atoms with E-state index >= 15 is 0 Å². The Morgan fingerprint density at radius 1 is 0.709 bits per heavy atom. The fourth-order valence-corrected chi connectivity index (χ4v) is 8.67. The second-order valence-corrected chi connectivity index (χ2v) is 15.0. The fraction of sp³-hybridized carbons (Fsp3) is 0.152. The zero-order valence-electron chi connectivity index (χ0n) is 29.7. The molecule has 0 spiro atoms. The Balaban J connectivity index is 1.16. The average Bonchev–Trinajstić information content (AvgIpc) is 3.21. The summed E-state index contributed by atoms with van der Waals surface area (Å²) in [5.41, 5.74) is 7.24. The molecule has 2 atom stereocenters. The molecule has 9 heteroatoms. The molecule has 0 bridgehead atoms. The highest BCUT2D eigenvalue weighted by atomic mass is 35.5. The van der Waals surface area contributed by atoms with Gasteiger partial charge in [-0.25, -0.2) is 9.69 Å². The van der Waals surface area contributed by atoms with Crippen LogP contribution in [0.2, 0.25) is 10.0 Å². The molecule has 4 amide bonds. The molecule has 9 rings (SSSR count). The average molecular weight is 765 g/mol. The molecule has 0 aliphatic carbocycles. The molecule has 7 nitrogen and oxygen atoms in total. The summed E-state index contributed by atoms with van der Waals surface area (Å²) >= 11 is 12.4. The van der Waals surface area contributed by atoms with Crippen molar-refractivity contribution in [1.82, 2.24) is 5.32 Å². The normalized spacial score (nSPS) is 18.7. The molecule has 1 saturated heterocycles. The van der Waals surface area contributed by atoms with Gasteiger partial charge in [-0.3, -0.25) is 14.9 Å². The van der Waals surface area contributed by atoms with Crippen molar-refractivity contribution in [1.29, 1.82) is 0 Å². The summed E-state index contributed by atoms with van der Waals surface area (Å²) in [5.74, 6) is -0.905. The van der Waals surface area contributed by atoms with Gasteiger partial charge in [-0.05, 0) is 87.8 Å². The van der Waals surface area contributed by atoms with Crippen molar-refractivity contribution >= 4 is 69.3 Å². The maximum Gasteiger partial charge on any atom is 0.335 e. The molecule has 0 aromatic heterocycles. The Morgan fingerprint density at radius 3 is 2.00 bits per heavy atom. The number of amides is 4.